The van der Waals surface area contributed by atoms with E-state index in [0.717, 1.165) is 38.1 Å². The molecule has 36 heavy (non-hydrogen) atoms. The van der Waals surface area contributed by atoms with Crippen molar-refractivity contribution in [2.75, 3.05) is 17.7 Å². The lowest BCUT2D eigenvalue weighted by molar-refractivity contribution is 0.0600. The predicted molar refractivity (Wildman–Crippen MR) is 142 cm³/mol. The van der Waals surface area contributed by atoms with Gasteiger partial charge >= 0.3 is 12.0 Å². The summed E-state index contributed by atoms with van der Waals surface area (Å²) in [5, 5.41) is 9.95. The van der Waals surface area contributed by atoms with Crippen LogP contribution >= 0.6 is 0 Å². The molecule has 6 rings (SSSR count). The van der Waals surface area contributed by atoms with Gasteiger partial charge in [0.25, 0.3) is 0 Å². The van der Waals surface area contributed by atoms with Gasteiger partial charge in [-0.15, -0.1) is 0 Å². The van der Waals surface area contributed by atoms with Crippen LogP contribution in [0, 0.1) is 0 Å². The van der Waals surface area contributed by atoms with Crippen LogP contribution in [0.2, 0.25) is 0 Å². The number of amides is 2. The van der Waals surface area contributed by atoms with Gasteiger partial charge in [0.1, 0.15) is 0 Å². The minimum atomic E-state index is -0.434. The van der Waals surface area contributed by atoms with Gasteiger partial charge in [-0.05, 0) is 53.2 Å². The number of aromatic nitrogens is 2. The topological polar surface area (TPSA) is 93.2 Å². The van der Waals surface area contributed by atoms with Crippen molar-refractivity contribution in [3.8, 4) is 0 Å². The molecular formula is C29H20N4O3. The van der Waals surface area contributed by atoms with Gasteiger partial charge in [0.05, 0.1) is 34.7 Å². The maximum Gasteiger partial charge on any atom is 0.337 e. The highest BCUT2D eigenvalue weighted by atomic mass is 16.5. The molecule has 1 heterocycles. The van der Waals surface area contributed by atoms with Crippen LogP contribution in [0.15, 0.2) is 91.0 Å². The van der Waals surface area contributed by atoms with E-state index < -0.39 is 12.0 Å². The second-order valence-corrected chi connectivity index (χ2v) is 8.36. The number of urea groups is 1. The molecule has 2 amide bonds. The number of hydrogen-bond donors (Lipinski definition) is 2. The molecular weight excluding hydrogens is 452 g/mol. The molecule has 5 aromatic carbocycles. The van der Waals surface area contributed by atoms with Gasteiger partial charge in [0.15, 0.2) is 0 Å². The first kappa shape index (κ1) is 21.5. The van der Waals surface area contributed by atoms with E-state index in [1.807, 2.05) is 36.4 Å². The second-order valence-electron chi connectivity index (χ2n) is 8.36. The maximum absolute atomic E-state index is 12.6. The van der Waals surface area contributed by atoms with Crippen LogP contribution in [0.1, 0.15) is 10.4 Å². The van der Waals surface area contributed by atoms with Crippen molar-refractivity contribution in [2.24, 2.45) is 0 Å². The average Bonchev–Trinajstić information content (AvgIpc) is 2.92. The number of nitrogens with zero attached hydrogens (tertiary/aromatic N) is 2. The molecule has 7 heteroatoms. The van der Waals surface area contributed by atoms with E-state index in [9.17, 15) is 9.59 Å². The molecule has 0 aliphatic heterocycles. The Morgan fingerprint density at radius 1 is 0.639 bits per heavy atom. The van der Waals surface area contributed by atoms with Crippen molar-refractivity contribution in [3.63, 3.8) is 0 Å². The molecule has 6 aromatic rings. The third kappa shape index (κ3) is 3.73. The zero-order valence-electron chi connectivity index (χ0n) is 19.3. The highest BCUT2D eigenvalue weighted by Crippen LogP contribution is 2.34. The summed E-state index contributed by atoms with van der Waals surface area (Å²) in [6.07, 6.45) is 0. The summed E-state index contributed by atoms with van der Waals surface area (Å²) in [5.74, 6) is -0.434. The number of rotatable bonds is 3. The van der Waals surface area contributed by atoms with Crippen molar-refractivity contribution < 1.29 is 14.3 Å². The summed E-state index contributed by atoms with van der Waals surface area (Å²) in [6.45, 7) is 0. The Hall–Kier alpha value is -5.04. The number of carbonyl (C=O) groups is 2. The monoisotopic (exact) mass is 472 g/mol. The summed E-state index contributed by atoms with van der Waals surface area (Å²) in [7, 11) is 1.32. The Kier molecular flexibility index (Phi) is 5.15. The molecule has 0 spiro atoms. The van der Waals surface area contributed by atoms with Crippen molar-refractivity contribution in [1.29, 1.82) is 0 Å². The summed E-state index contributed by atoms with van der Waals surface area (Å²) in [6, 6.07) is 27.9. The summed E-state index contributed by atoms with van der Waals surface area (Å²) in [4.78, 5) is 34.1. The molecule has 0 aliphatic rings. The number of benzene rings is 5. The van der Waals surface area contributed by atoms with Crippen LogP contribution in [-0.2, 0) is 4.74 Å². The minimum Gasteiger partial charge on any atom is -0.465 e. The van der Waals surface area contributed by atoms with Crippen molar-refractivity contribution in [3.05, 3.63) is 96.6 Å². The van der Waals surface area contributed by atoms with Gasteiger partial charge in [0, 0.05) is 22.1 Å². The molecule has 0 bridgehead atoms. The molecule has 7 nitrogen and oxygen atoms in total. The number of anilines is 2. The summed E-state index contributed by atoms with van der Waals surface area (Å²) >= 11 is 0. The van der Waals surface area contributed by atoms with E-state index in [1.165, 1.54) is 7.11 Å². The molecule has 0 saturated heterocycles. The molecule has 2 N–H and O–H groups in total. The Labute approximate surface area is 205 Å². The summed E-state index contributed by atoms with van der Waals surface area (Å²) < 4.78 is 4.69. The van der Waals surface area contributed by atoms with Crippen LogP contribution in [0.25, 0.3) is 43.6 Å². The van der Waals surface area contributed by atoms with E-state index in [1.54, 1.807) is 30.3 Å². The SMILES string of the molecule is COC(=O)c1ccc(NC(=O)Nc2ccc3nc4c5ccccc5c5ccccc5c4nc3c2)cc1. The van der Waals surface area contributed by atoms with Gasteiger partial charge in [-0.1, -0.05) is 48.5 Å². The van der Waals surface area contributed by atoms with Crippen molar-refractivity contribution in [2.45, 2.75) is 0 Å². The third-order valence-electron chi connectivity index (χ3n) is 6.14. The maximum atomic E-state index is 12.6. The first-order valence-electron chi connectivity index (χ1n) is 11.4. The van der Waals surface area contributed by atoms with Crippen LogP contribution in [0.3, 0.4) is 0 Å². The van der Waals surface area contributed by atoms with E-state index in [0.29, 0.717) is 22.5 Å². The molecule has 0 atom stereocenters. The highest BCUT2D eigenvalue weighted by Gasteiger charge is 2.13. The number of ether oxygens (including phenoxy) is 1. The molecule has 174 valence electrons. The lowest BCUT2D eigenvalue weighted by atomic mass is 9.99. The van der Waals surface area contributed by atoms with Crippen LogP contribution in [0.4, 0.5) is 16.2 Å². The van der Waals surface area contributed by atoms with Crippen molar-refractivity contribution in [1.82, 2.24) is 9.97 Å². The number of esters is 1. The zero-order chi connectivity index (χ0) is 24.6. The van der Waals surface area contributed by atoms with Gasteiger partial charge in [-0.3, -0.25) is 0 Å². The van der Waals surface area contributed by atoms with Crippen LogP contribution in [0.5, 0.6) is 0 Å². The fraction of sp³-hybridized carbons (Fsp3) is 0.0345. The van der Waals surface area contributed by atoms with Gasteiger partial charge < -0.3 is 15.4 Å². The Bertz CT molecular complexity index is 1810. The normalized spacial score (nSPS) is 11.1. The van der Waals surface area contributed by atoms with E-state index in [4.69, 9.17) is 14.7 Å². The number of hydrogen-bond acceptors (Lipinski definition) is 5. The fourth-order valence-electron chi connectivity index (χ4n) is 4.46. The van der Waals surface area contributed by atoms with E-state index in [2.05, 4.69) is 34.9 Å². The van der Waals surface area contributed by atoms with Crippen LogP contribution in [-0.4, -0.2) is 29.1 Å². The number of carbonyl (C=O) groups excluding carboxylic acids is 2. The van der Waals surface area contributed by atoms with Gasteiger partial charge in [-0.2, -0.15) is 0 Å². The highest BCUT2D eigenvalue weighted by molar-refractivity contribution is 6.23. The standard InChI is InChI=1S/C29H20N4O3/c1-36-28(34)17-10-12-18(13-11-17)30-29(35)31-19-14-15-24-25(16-19)33-27-23-9-5-3-7-21(23)20-6-2-4-8-22(20)26(27)32-24/h2-16H,1H3,(H2,30,31,35). The molecule has 0 saturated carbocycles. The fourth-order valence-corrected chi connectivity index (χ4v) is 4.46. The molecule has 0 aliphatic carbocycles. The smallest absolute Gasteiger partial charge is 0.337 e. The van der Waals surface area contributed by atoms with Gasteiger partial charge in [0.2, 0.25) is 0 Å². The Morgan fingerprint density at radius 2 is 1.17 bits per heavy atom. The number of methoxy groups -OCH3 is 1. The largest absolute Gasteiger partial charge is 0.465 e. The summed E-state index contributed by atoms with van der Waals surface area (Å²) in [5.41, 5.74) is 4.64. The van der Waals surface area contributed by atoms with Crippen molar-refractivity contribution >= 4 is 67.0 Å². The first-order chi connectivity index (χ1) is 17.6. The lowest BCUT2D eigenvalue weighted by Gasteiger charge is -2.11. The van der Waals surface area contributed by atoms with E-state index in [-0.39, 0.29) is 0 Å². The van der Waals surface area contributed by atoms with Gasteiger partial charge in [-0.25, -0.2) is 19.6 Å². The van der Waals surface area contributed by atoms with Crippen LogP contribution < -0.4 is 10.6 Å². The minimum absolute atomic E-state index is 0.407. The molecule has 1 aromatic heterocycles. The Balaban J connectivity index is 1.35. The second kappa shape index (κ2) is 8.63. The third-order valence-corrected chi connectivity index (χ3v) is 6.14. The predicted octanol–water partition coefficient (Wildman–Crippen LogP) is 6.52. The number of nitrogens with one attached hydrogen (secondary N) is 2. The Morgan fingerprint density at radius 3 is 1.78 bits per heavy atom. The first-order valence-corrected chi connectivity index (χ1v) is 11.4. The number of fused-ring (bicyclic) bond motifs is 7. The molecule has 0 unspecified atom stereocenters. The zero-order valence-corrected chi connectivity index (χ0v) is 19.3. The quantitative estimate of drug-likeness (QED) is 0.174. The molecule has 0 fully saturated rings. The molecule has 0 radical (unpaired) electrons. The van der Waals surface area contributed by atoms with E-state index >= 15 is 0 Å². The lowest BCUT2D eigenvalue weighted by Crippen LogP contribution is -2.19. The average molecular weight is 473 g/mol.